The Hall–Kier alpha value is -4.43. The molecule has 182 valence electrons. The number of hydrogen-bond acceptors (Lipinski definition) is 5. The van der Waals surface area contributed by atoms with Gasteiger partial charge in [-0.2, -0.15) is 5.10 Å². The normalized spacial score (nSPS) is 14.2. The summed E-state index contributed by atoms with van der Waals surface area (Å²) >= 11 is 0. The van der Waals surface area contributed by atoms with Crippen molar-refractivity contribution in [3.8, 4) is 0 Å². The lowest BCUT2D eigenvalue weighted by Crippen LogP contribution is -2.43. The average molecular weight is 482 g/mol. The highest BCUT2D eigenvalue weighted by Gasteiger charge is 2.41. The number of hydrogen-bond donors (Lipinski definition) is 3. The van der Waals surface area contributed by atoms with E-state index in [1.807, 2.05) is 31.3 Å². The third-order valence-corrected chi connectivity index (χ3v) is 6.73. The fourth-order valence-corrected chi connectivity index (χ4v) is 5.04. The van der Waals surface area contributed by atoms with Gasteiger partial charge in [0, 0.05) is 23.7 Å². The number of primary amides is 1. The zero-order valence-electron chi connectivity index (χ0n) is 20.3. The Morgan fingerprint density at radius 3 is 2.33 bits per heavy atom. The zero-order chi connectivity index (χ0) is 25.6. The van der Waals surface area contributed by atoms with Crippen molar-refractivity contribution < 1.29 is 14.7 Å². The molecule has 0 saturated carbocycles. The molecular formula is C28H27N5O3. The summed E-state index contributed by atoms with van der Waals surface area (Å²) in [6.07, 6.45) is 1.75. The fourth-order valence-electron chi connectivity index (χ4n) is 5.04. The largest absolute Gasteiger partial charge is 0.372 e. The molecule has 1 aliphatic heterocycles. The van der Waals surface area contributed by atoms with Crippen molar-refractivity contribution in [1.29, 1.82) is 0 Å². The van der Waals surface area contributed by atoms with E-state index < -0.39 is 11.5 Å². The molecule has 0 spiro atoms. The van der Waals surface area contributed by atoms with Crippen LogP contribution in [0, 0.1) is 13.8 Å². The Morgan fingerprint density at radius 1 is 1.03 bits per heavy atom. The van der Waals surface area contributed by atoms with E-state index in [2.05, 4.69) is 10.4 Å². The van der Waals surface area contributed by atoms with Crippen molar-refractivity contribution in [3.05, 3.63) is 106 Å². The van der Waals surface area contributed by atoms with Gasteiger partial charge in [-0.05, 0) is 54.8 Å². The minimum absolute atomic E-state index is 0.207. The van der Waals surface area contributed by atoms with Crippen molar-refractivity contribution in [2.24, 2.45) is 12.8 Å². The van der Waals surface area contributed by atoms with E-state index in [-0.39, 0.29) is 5.91 Å². The number of amides is 2. The van der Waals surface area contributed by atoms with Crippen LogP contribution in [0.2, 0.25) is 0 Å². The van der Waals surface area contributed by atoms with Gasteiger partial charge in [-0.15, -0.1) is 0 Å². The Morgan fingerprint density at radius 2 is 1.67 bits per heavy atom. The van der Waals surface area contributed by atoms with E-state index in [4.69, 9.17) is 5.73 Å². The molecule has 1 atom stereocenters. The number of anilines is 3. The lowest BCUT2D eigenvalue weighted by atomic mass is 9.80. The zero-order valence-corrected chi connectivity index (χ0v) is 20.3. The molecule has 0 fully saturated rings. The molecule has 0 bridgehead atoms. The van der Waals surface area contributed by atoms with Gasteiger partial charge in [0.05, 0.1) is 24.1 Å². The topological polar surface area (TPSA) is 113 Å². The molecule has 0 aliphatic carbocycles. The maximum Gasteiger partial charge on any atom is 0.258 e. The summed E-state index contributed by atoms with van der Waals surface area (Å²) < 4.78 is 1.75. The van der Waals surface area contributed by atoms with E-state index in [9.17, 15) is 14.7 Å². The minimum atomic E-state index is -2.03. The van der Waals surface area contributed by atoms with Gasteiger partial charge in [0.2, 0.25) is 0 Å². The quantitative estimate of drug-likeness (QED) is 0.412. The number of aliphatic hydroxyl groups is 1. The molecule has 1 unspecified atom stereocenters. The van der Waals surface area contributed by atoms with Crippen LogP contribution >= 0.6 is 0 Å². The van der Waals surface area contributed by atoms with Crippen molar-refractivity contribution in [2.45, 2.75) is 26.0 Å². The van der Waals surface area contributed by atoms with Gasteiger partial charge >= 0.3 is 0 Å². The predicted molar refractivity (Wildman–Crippen MR) is 138 cm³/mol. The summed E-state index contributed by atoms with van der Waals surface area (Å²) in [7, 11) is 1.85. The summed E-state index contributed by atoms with van der Waals surface area (Å²) in [5.41, 5.74) is 8.50. The Kier molecular flexibility index (Phi) is 5.61. The molecular weight excluding hydrogens is 454 g/mol. The summed E-state index contributed by atoms with van der Waals surface area (Å²) in [6, 6.07) is 19.6. The molecule has 8 heteroatoms. The second-order valence-corrected chi connectivity index (χ2v) is 9.10. The van der Waals surface area contributed by atoms with Crippen LogP contribution in [0.15, 0.2) is 72.9 Å². The lowest BCUT2D eigenvalue weighted by molar-refractivity contribution is -0.133. The van der Waals surface area contributed by atoms with Crippen LogP contribution in [0.3, 0.4) is 0 Å². The van der Waals surface area contributed by atoms with Crippen molar-refractivity contribution >= 4 is 29.0 Å². The molecule has 4 aromatic rings. The van der Waals surface area contributed by atoms with Gasteiger partial charge < -0.3 is 21.1 Å². The fraction of sp³-hybridized carbons (Fsp3) is 0.179. The van der Waals surface area contributed by atoms with Crippen LogP contribution in [0.5, 0.6) is 0 Å². The molecule has 8 nitrogen and oxygen atoms in total. The summed E-state index contributed by atoms with van der Waals surface area (Å²) in [5, 5.41) is 19.3. The lowest BCUT2D eigenvalue weighted by Gasteiger charge is -2.30. The smallest absolute Gasteiger partial charge is 0.258 e. The van der Waals surface area contributed by atoms with Gasteiger partial charge in [0.1, 0.15) is 5.82 Å². The molecule has 0 radical (unpaired) electrons. The van der Waals surface area contributed by atoms with Crippen LogP contribution in [0.1, 0.15) is 38.2 Å². The number of nitrogens with two attached hydrogens (primary N) is 1. The van der Waals surface area contributed by atoms with Crippen LogP contribution in [0.4, 0.5) is 17.2 Å². The molecule has 5 rings (SSSR count). The van der Waals surface area contributed by atoms with Gasteiger partial charge in [0.15, 0.2) is 5.60 Å². The van der Waals surface area contributed by atoms with Crippen LogP contribution in [-0.2, 0) is 24.0 Å². The standard InChI is InChI=1S/C28H27N5O3/c1-17-13-19(14-18(2)24(17)28(36,27(29)35)21-9-5-4-6-10-21)26(34)33-16-20-15-30-32(3)25(20)31-22-11-7-8-12-23(22)33/h4-15,31,36H,16H2,1-3H3,(H2,29,35). The van der Waals surface area contributed by atoms with Gasteiger partial charge in [-0.25, -0.2) is 0 Å². The third-order valence-electron chi connectivity index (χ3n) is 6.73. The Bertz CT molecular complexity index is 1470. The first kappa shape index (κ1) is 23.3. The van der Waals surface area contributed by atoms with E-state index in [1.165, 1.54) is 0 Å². The van der Waals surface area contributed by atoms with Crippen LogP contribution in [0.25, 0.3) is 0 Å². The maximum atomic E-state index is 13.9. The highest BCUT2D eigenvalue weighted by atomic mass is 16.3. The first-order valence-corrected chi connectivity index (χ1v) is 11.6. The molecule has 2 amide bonds. The molecule has 4 N–H and O–H groups in total. The molecule has 2 heterocycles. The predicted octanol–water partition coefficient (Wildman–Crippen LogP) is 3.66. The number of nitrogens with one attached hydrogen (secondary N) is 1. The number of aryl methyl sites for hydroxylation is 3. The van der Waals surface area contributed by atoms with E-state index in [1.54, 1.807) is 72.1 Å². The minimum Gasteiger partial charge on any atom is -0.372 e. The van der Waals surface area contributed by atoms with Gasteiger partial charge in [-0.1, -0.05) is 42.5 Å². The van der Waals surface area contributed by atoms with Crippen LogP contribution in [-0.4, -0.2) is 26.7 Å². The maximum absolute atomic E-state index is 13.9. The number of rotatable bonds is 4. The molecule has 1 aromatic heterocycles. The second kappa shape index (κ2) is 8.66. The Labute approximate surface area is 209 Å². The van der Waals surface area contributed by atoms with E-state index in [0.717, 1.165) is 22.8 Å². The van der Waals surface area contributed by atoms with E-state index in [0.29, 0.717) is 34.4 Å². The average Bonchev–Trinajstić information content (AvgIpc) is 3.11. The Balaban J connectivity index is 1.60. The first-order chi connectivity index (χ1) is 17.2. The summed E-state index contributed by atoms with van der Waals surface area (Å²) in [6.45, 7) is 3.88. The molecule has 0 saturated heterocycles. The summed E-state index contributed by atoms with van der Waals surface area (Å²) in [4.78, 5) is 28.2. The third kappa shape index (κ3) is 3.63. The number of benzene rings is 3. The number of nitrogens with zero attached hydrogens (tertiary/aromatic N) is 3. The molecule has 36 heavy (non-hydrogen) atoms. The second-order valence-electron chi connectivity index (χ2n) is 9.10. The van der Waals surface area contributed by atoms with Gasteiger partial charge in [0.25, 0.3) is 11.8 Å². The van der Waals surface area contributed by atoms with E-state index >= 15 is 0 Å². The number of fused-ring (bicyclic) bond motifs is 2. The van der Waals surface area contributed by atoms with Gasteiger partial charge in [-0.3, -0.25) is 14.3 Å². The highest BCUT2D eigenvalue weighted by Crippen LogP contribution is 2.38. The number of carbonyl (C=O) groups is 2. The number of aromatic nitrogens is 2. The SMILES string of the molecule is Cc1cc(C(=O)N2Cc3cnn(C)c3Nc3ccccc32)cc(C)c1C(O)(C(N)=O)c1ccccc1. The first-order valence-electron chi connectivity index (χ1n) is 11.6. The number of carbonyl (C=O) groups excluding carboxylic acids is 2. The molecule has 1 aliphatic rings. The van der Waals surface area contributed by atoms with Crippen molar-refractivity contribution in [2.75, 3.05) is 10.2 Å². The summed E-state index contributed by atoms with van der Waals surface area (Å²) in [5.74, 6) is -0.258. The number of para-hydroxylation sites is 2. The van der Waals surface area contributed by atoms with Crippen molar-refractivity contribution in [3.63, 3.8) is 0 Å². The van der Waals surface area contributed by atoms with Crippen LogP contribution < -0.4 is 16.0 Å². The molecule has 3 aromatic carbocycles. The monoisotopic (exact) mass is 481 g/mol. The highest BCUT2D eigenvalue weighted by molar-refractivity contribution is 6.09. The van der Waals surface area contributed by atoms with Crippen molar-refractivity contribution in [1.82, 2.24) is 9.78 Å².